The van der Waals surface area contributed by atoms with Crippen molar-refractivity contribution in [3.63, 3.8) is 0 Å². The van der Waals surface area contributed by atoms with Gasteiger partial charge in [-0.3, -0.25) is 4.79 Å². The Bertz CT molecular complexity index is 854. The minimum Gasteiger partial charge on any atom is -0.382 e. The Balaban J connectivity index is 1.73. The first-order chi connectivity index (χ1) is 11.5. The molecule has 0 aliphatic carbocycles. The molecule has 2 aromatic heterocycles. The highest BCUT2D eigenvalue weighted by molar-refractivity contribution is 7.09. The topological polar surface area (TPSA) is 85.8 Å². The Morgan fingerprint density at radius 2 is 2.17 bits per heavy atom. The third-order valence-electron chi connectivity index (χ3n) is 3.82. The standard InChI is InChI=1S/C17H19N5OS/c1-11-5-6-12(2)13(8-11)10-22-16(18)15(20-21-22)17(23)19-9-14-4-3-7-24-14/h3-8H,9-10,18H2,1-2H3,(H,19,23). The van der Waals surface area contributed by atoms with Gasteiger partial charge in [-0.2, -0.15) is 0 Å². The largest absolute Gasteiger partial charge is 0.382 e. The van der Waals surface area contributed by atoms with E-state index in [1.807, 2.05) is 31.4 Å². The third kappa shape index (κ3) is 3.46. The van der Waals surface area contributed by atoms with E-state index in [4.69, 9.17) is 5.73 Å². The molecule has 0 radical (unpaired) electrons. The molecule has 0 saturated carbocycles. The minimum atomic E-state index is -0.312. The van der Waals surface area contributed by atoms with E-state index in [0.29, 0.717) is 13.1 Å². The van der Waals surface area contributed by atoms with Gasteiger partial charge in [0.15, 0.2) is 11.5 Å². The van der Waals surface area contributed by atoms with E-state index < -0.39 is 0 Å². The normalized spacial score (nSPS) is 10.8. The summed E-state index contributed by atoms with van der Waals surface area (Å²) >= 11 is 1.59. The van der Waals surface area contributed by atoms with Gasteiger partial charge in [-0.1, -0.05) is 35.0 Å². The van der Waals surface area contributed by atoms with Crippen molar-refractivity contribution in [3.05, 3.63) is 63.0 Å². The Morgan fingerprint density at radius 3 is 2.92 bits per heavy atom. The molecule has 3 N–H and O–H groups in total. The van der Waals surface area contributed by atoms with E-state index in [9.17, 15) is 4.79 Å². The van der Waals surface area contributed by atoms with Crippen LogP contribution >= 0.6 is 11.3 Å². The fraction of sp³-hybridized carbons (Fsp3) is 0.235. The fourth-order valence-corrected chi connectivity index (χ4v) is 3.04. The third-order valence-corrected chi connectivity index (χ3v) is 4.69. The molecule has 0 saturated heterocycles. The van der Waals surface area contributed by atoms with Gasteiger partial charge in [-0.25, -0.2) is 4.68 Å². The van der Waals surface area contributed by atoms with Crippen molar-refractivity contribution < 1.29 is 4.79 Å². The lowest BCUT2D eigenvalue weighted by atomic mass is 10.1. The molecule has 7 heteroatoms. The van der Waals surface area contributed by atoms with Crippen LogP contribution in [-0.2, 0) is 13.1 Å². The molecule has 2 heterocycles. The number of amides is 1. The van der Waals surface area contributed by atoms with Crippen LogP contribution in [0.4, 0.5) is 5.82 Å². The highest BCUT2D eigenvalue weighted by atomic mass is 32.1. The van der Waals surface area contributed by atoms with E-state index >= 15 is 0 Å². The summed E-state index contributed by atoms with van der Waals surface area (Å²) in [5.74, 6) is -0.0345. The molecule has 6 nitrogen and oxygen atoms in total. The van der Waals surface area contributed by atoms with Crippen LogP contribution < -0.4 is 11.1 Å². The number of nitrogen functional groups attached to an aromatic ring is 1. The Morgan fingerprint density at radius 1 is 1.33 bits per heavy atom. The number of benzene rings is 1. The van der Waals surface area contributed by atoms with Crippen molar-refractivity contribution in [3.8, 4) is 0 Å². The monoisotopic (exact) mass is 341 g/mol. The average molecular weight is 341 g/mol. The van der Waals surface area contributed by atoms with Crippen LogP contribution in [0.3, 0.4) is 0 Å². The maximum atomic E-state index is 12.2. The molecular formula is C17H19N5OS. The van der Waals surface area contributed by atoms with Gasteiger partial charge in [0, 0.05) is 4.88 Å². The highest BCUT2D eigenvalue weighted by Gasteiger charge is 2.17. The number of rotatable bonds is 5. The van der Waals surface area contributed by atoms with Crippen LogP contribution in [-0.4, -0.2) is 20.9 Å². The molecule has 0 aliphatic rings. The predicted octanol–water partition coefficient (Wildman–Crippen LogP) is 2.52. The van der Waals surface area contributed by atoms with Gasteiger partial charge >= 0.3 is 0 Å². The number of anilines is 1. The lowest BCUT2D eigenvalue weighted by Crippen LogP contribution is -2.24. The van der Waals surface area contributed by atoms with Crippen molar-refractivity contribution in [2.24, 2.45) is 0 Å². The second kappa shape index (κ2) is 6.84. The number of aryl methyl sites for hydroxylation is 2. The van der Waals surface area contributed by atoms with Crippen LogP contribution in [0.25, 0.3) is 0 Å². The lowest BCUT2D eigenvalue weighted by molar-refractivity contribution is 0.0947. The Hall–Kier alpha value is -2.67. The first-order valence-electron chi connectivity index (χ1n) is 7.60. The molecule has 1 aromatic carbocycles. The first-order valence-corrected chi connectivity index (χ1v) is 8.48. The molecular weight excluding hydrogens is 322 g/mol. The Labute approximate surface area is 144 Å². The van der Waals surface area contributed by atoms with Gasteiger partial charge in [-0.05, 0) is 36.4 Å². The lowest BCUT2D eigenvalue weighted by Gasteiger charge is -2.08. The van der Waals surface area contributed by atoms with Crippen LogP contribution in [0.1, 0.15) is 32.1 Å². The summed E-state index contributed by atoms with van der Waals surface area (Å²) in [6, 6.07) is 10.1. The molecule has 0 atom stereocenters. The Kier molecular flexibility index (Phi) is 4.61. The van der Waals surface area contributed by atoms with Gasteiger partial charge in [0.2, 0.25) is 0 Å². The molecule has 3 aromatic rings. The smallest absolute Gasteiger partial charge is 0.276 e. The summed E-state index contributed by atoms with van der Waals surface area (Å²) < 4.78 is 1.56. The highest BCUT2D eigenvalue weighted by Crippen LogP contribution is 2.16. The average Bonchev–Trinajstić information content (AvgIpc) is 3.19. The number of carbonyl (C=O) groups excluding carboxylic acids is 1. The number of hydrogen-bond donors (Lipinski definition) is 2. The molecule has 3 rings (SSSR count). The summed E-state index contributed by atoms with van der Waals surface area (Å²) in [6.45, 7) is 5.03. The van der Waals surface area contributed by atoms with E-state index in [0.717, 1.165) is 16.0 Å². The van der Waals surface area contributed by atoms with Crippen molar-refractivity contribution in [1.82, 2.24) is 20.3 Å². The van der Waals surface area contributed by atoms with Gasteiger partial charge in [0.05, 0.1) is 13.1 Å². The summed E-state index contributed by atoms with van der Waals surface area (Å²) in [5, 5.41) is 12.8. The molecule has 24 heavy (non-hydrogen) atoms. The maximum Gasteiger partial charge on any atom is 0.276 e. The number of thiophene rings is 1. The zero-order valence-corrected chi connectivity index (χ0v) is 14.4. The van der Waals surface area contributed by atoms with E-state index in [2.05, 4.69) is 33.8 Å². The molecule has 1 amide bonds. The SMILES string of the molecule is Cc1ccc(C)c(Cn2nnc(C(=O)NCc3cccs3)c2N)c1. The summed E-state index contributed by atoms with van der Waals surface area (Å²) in [6.07, 6.45) is 0. The number of hydrogen-bond acceptors (Lipinski definition) is 5. The molecule has 0 bridgehead atoms. The number of aromatic nitrogens is 3. The first kappa shape index (κ1) is 16.2. The molecule has 0 spiro atoms. The van der Waals surface area contributed by atoms with Crippen LogP contribution in [0, 0.1) is 13.8 Å². The van der Waals surface area contributed by atoms with Crippen molar-refractivity contribution in [2.75, 3.05) is 5.73 Å². The summed E-state index contributed by atoms with van der Waals surface area (Å²) in [7, 11) is 0. The van der Waals surface area contributed by atoms with E-state index in [-0.39, 0.29) is 17.4 Å². The molecule has 0 aliphatic heterocycles. The number of nitrogens with two attached hydrogens (primary N) is 1. The van der Waals surface area contributed by atoms with Crippen LogP contribution in [0.15, 0.2) is 35.7 Å². The second-order valence-corrected chi connectivity index (χ2v) is 6.71. The van der Waals surface area contributed by atoms with Gasteiger partial charge in [0.1, 0.15) is 0 Å². The zero-order valence-electron chi connectivity index (χ0n) is 13.6. The van der Waals surface area contributed by atoms with Crippen molar-refractivity contribution in [2.45, 2.75) is 26.9 Å². The van der Waals surface area contributed by atoms with Crippen LogP contribution in [0.2, 0.25) is 0 Å². The van der Waals surface area contributed by atoms with Crippen molar-refractivity contribution >= 4 is 23.1 Å². The number of nitrogens with zero attached hydrogens (tertiary/aromatic N) is 3. The van der Waals surface area contributed by atoms with Gasteiger partial charge < -0.3 is 11.1 Å². The molecule has 124 valence electrons. The van der Waals surface area contributed by atoms with Gasteiger partial charge in [0.25, 0.3) is 5.91 Å². The molecule has 0 unspecified atom stereocenters. The minimum absolute atomic E-state index is 0.164. The van der Waals surface area contributed by atoms with Crippen LogP contribution in [0.5, 0.6) is 0 Å². The fourth-order valence-electron chi connectivity index (χ4n) is 2.40. The van der Waals surface area contributed by atoms with E-state index in [1.54, 1.807) is 16.0 Å². The van der Waals surface area contributed by atoms with Gasteiger partial charge in [-0.15, -0.1) is 16.4 Å². The quantitative estimate of drug-likeness (QED) is 0.747. The maximum absolute atomic E-state index is 12.2. The number of nitrogens with one attached hydrogen (secondary N) is 1. The summed E-state index contributed by atoms with van der Waals surface area (Å²) in [5.41, 5.74) is 9.66. The molecule has 0 fully saturated rings. The van der Waals surface area contributed by atoms with E-state index in [1.165, 1.54) is 5.56 Å². The summed E-state index contributed by atoms with van der Waals surface area (Å²) in [4.78, 5) is 13.3. The second-order valence-electron chi connectivity index (χ2n) is 5.67. The van der Waals surface area contributed by atoms with Crippen molar-refractivity contribution in [1.29, 1.82) is 0 Å². The number of carbonyl (C=O) groups is 1. The zero-order chi connectivity index (χ0) is 17.1. The predicted molar refractivity (Wildman–Crippen MR) is 94.9 cm³/mol.